The molecule has 0 radical (unpaired) electrons. The number of azo groups is 1. The van der Waals surface area contributed by atoms with E-state index in [1.54, 1.807) is 48.5 Å². The molecule has 66 heavy (non-hydrogen) atoms. The molecule has 2 amide bonds. The number of carbonyl (C=O) groups is 2. The Hall–Kier alpha value is -4.93. The minimum Gasteiger partial charge on any atom is -0.494 e. The zero-order chi connectivity index (χ0) is 47.2. The van der Waals surface area contributed by atoms with E-state index >= 15 is 0 Å². The van der Waals surface area contributed by atoms with Crippen molar-refractivity contribution in [2.45, 2.75) is 109 Å². The van der Waals surface area contributed by atoms with Gasteiger partial charge in [0.1, 0.15) is 30.4 Å². The third-order valence-electron chi connectivity index (χ3n) is 10.5. The number of hydrogen-bond acceptors (Lipinski definition) is 10. The highest BCUT2D eigenvalue weighted by molar-refractivity contribution is 7.85. The van der Waals surface area contributed by atoms with E-state index in [-0.39, 0.29) is 52.8 Å². The molecule has 0 bridgehead atoms. The Morgan fingerprint density at radius 3 is 1.98 bits per heavy atom. The molecule has 1 saturated heterocycles. The molecule has 1 aliphatic rings. The molecular weight excluding hydrogens is 927 g/mol. The number of benzene rings is 4. The van der Waals surface area contributed by atoms with Crippen LogP contribution in [0, 0.1) is 0 Å². The largest absolute Gasteiger partial charge is 0.494 e. The standard InChI is InChI=1S/C48H59Cl3N6O8S/c1-2-3-4-5-6-7-8-9-10-11-12-13-14-17-35-18-15-19-41(32-35)64-29-30-65-48(59)53-38-22-20-37(21-23-38)52-46-44(47(58)57(56-46)45-42(50)33-36(49)34-43(45)51)55-54-39-24-26-40(27-25-39)63-28-16-31-66(60,61)62/h15,18-27,32-34,44H,2-14,16-17,28-31H2,1H3,(H,52,56)(H,53,59)(H,60,61,62). The van der Waals surface area contributed by atoms with Crippen LogP contribution >= 0.6 is 34.8 Å². The fourth-order valence-electron chi connectivity index (χ4n) is 7.08. The molecule has 5 rings (SSSR count). The maximum absolute atomic E-state index is 13.8. The van der Waals surface area contributed by atoms with E-state index in [4.69, 9.17) is 53.6 Å². The van der Waals surface area contributed by atoms with Gasteiger partial charge in [-0.2, -0.15) is 18.6 Å². The number of nitrogens with one attached hydrogen (secondary N) is 2. The van der Waals surface area contributed by atoms with Crippen molar-refractivity contribution in [3.63, 3.8) is 0 Å². The Morgan fingerprint density at radius 2 is 1.35 bits per heavy atom. The highest BCUT2D eigenvalue weighted by Gasteiger charge is 2.41. The number of anilines is 2. The number of hydrogen-bond donors (Lipinski definition) is 3. The van der Waals surface area contributed by atoms with E-state index in [1.807, 2.05) is 18.2 Å². The van der Waals surface area contributed by atoms with E-state index in [2.05, 4.69) is 39.0 Å². The molecule has 3 N–H and O–H groups in total. The van der Waals surface area contributed by atoms with Crippen molar-refractivity contribution in [3.8, 4) is 11.5 Å². The molecule has 356 valence electrons. The second-order valence-electron chi connectivity index (χ2n) is 15.9. The van der Waals surface area contributed by atoms with E-state index in [0.29, 0.717) is 22.8 Å². The van der Waals surface area contributed by atoms with E-state index in [1.165, 1.54) is 94.7 Å². The van der Waals surface area contributed by atoms with Gasteiger partial charge in [-0.15, -0.1) is 0 Å². The first kappa shape index (κ1) is 52.0. The van der Waals surface area contributed by atoms with Gasteiger partial charge in [-0.25, -0.2) is 14.8 Å². The molecule has 18 heteroatoms. The molecule has 1 aliphatic heterocycles. The minimum atomic E-state index is -4.08. The van der Waals surface area contributed by atoms with Crippen molar-refractivity contribution < 1.29 is 36.8 Å². The van der Waals surface area contributed by atoms with E-state index < -0.39 is 33.9 Å². The number of ether oxygens (including phenoxy) is 3. The zero-order valence-corrected chi connectivity index (χ0v) is 40.3. The first-order valence-corrected chi connectivity index (χ1v) is 25.3. The van der Waals surface area contributed by atoms with Crippen molar-refractivity contribution in [3.05, 3.63) is 106 Å². The highest BCUT2D eigenvalue weighted by Crippen LogP contribution is 2.38. The lowest BCUT2D eigenvalue weighted by Crippen LogP contribution is -2.36. The van der Waals surface area contributed by atoms with Crippen molar-refractivity contribution in [2.75, 3.05) is 35.9 Å². The molecule has 1 heterocycles. The molecule has 14 nitrogen and oxygen atoms in total. The summed E-state index contributed by atoms with van der Waals surface area (Å²) in [6.07, 6.45) is 17.7. The Balaban J connectivity index is 1.08. The minimum absolute atomic E-state index is 0.0477. The molecule has 0 aromatic heterocycles. The van der Waals surface area contributed by atoms with Crippen molar-refractivity contribution >= 4 is 85.5 Å². The Bertz CT molecular complexity index is 2310. The smallest absolute Gasteiger partial charge is 0.411 e. The van der Waals surface area contributed by atoms with Crippen LogP contribution in [0.4, 0.5) is 27.5 Å². The summed E-state index contributed by atoms with van der Waals surface area (Å²) in [5.74, 6) is 0.288. The molecule has 0 spiro atoms. The lowest BCUT2D eigenvalue weighted by Gasteiger charge is -2.18. The van der Waals surface area contributed by atoms with Crippen LogP contribution in [0.3, 0.4) is 0 Å². The molecule has 1 atom stereocenters. The topological polar surface area (TPSA) is 181 Å². The molecule has 1 unspecified atom stereocenters. The first-order chi connectivity index (χ1) is 31.9. The van der Waals surface area contributed by atoms with Gasteiger partial charge in [0.15, 0.2) is 5.84 Å². The Kier molecular flexibility index (Phi) is 21.8. The lowest BCUT2D eigenvalue weighted by molar-refractivity contribution is -0.117. The number of aryl methyl sites for hydroxylation is 1. The van der Waals surface area contributed by atoms with Gasteiger partial charge in [0, 0.05) is 10.7 Å². The van der Waals surface area contributed by atoms with Crippen LogP contribution in [0.5, 0.6) is 11.5 Å². The van der Waals surface area contributed by atoms with Gasteiger partial charge < -0.3 is 14.2 Å². The lowest BCUT2D eigenvalue weighted by atomic mass is 10.0. The number of halogens is 3. The summed E-state index contributed by atoms with van der Waals surface area (Å²) >= 11 is 19.1. The number of rotatable bonds is 28. The second kappa shape index (κ2) is 27.6. The predicted molar refractivity (Wildman–Crippen MR) is 263 cm³/mol. The fraction of sp³-hybridized carbons (Fsp3) is 0.438. The predicted octanol–water partition coefficient (Wildman–Crippen LogP) is 13.3. The SMILES string of the molecule is CCCCCCCCCCCCCCCc1cccc(OCCOC(=O)Nc2ccc(N=C3NN(c4c(Cl)cc(Cl)cc4Cl)C(=O)C3N=Nc3ccc(OCCCS(=O)(=O)O)cc3)cc2)c1. The summed E-state index contributed by atoms with van der Waals surface area (Å²) in [5, 5.41) is 12.9. The van der Waals surface area contributed by atoms with Gasteiger partial charge in [0.25, 0.3) is 16.0 Å². The van der Waals surface area contributed by atoms with Crippen LogP contribution in [0.25, 0.3) is 0 Å². The number of carbonyl (C=O) groups excluding carboxylic acids is 2. The van der Waals surface area contributed by atoms with Crippen LogP contribution in [0.2, 0.25) is 15.1 Å². The molecule has 4 aromatic rings. The van der Waals surface area contributed by atoms with Crippen molar-refractivity contribution in [2.24, 2.45) is 15.2 Å². The van der Waals surface area contributed by atoms with Gasteiger partial charge in [0.2, 0.25) is 6.04 Å². The summed E-state index contributed by atoms with van der Waals surface area (Å²) in [6, 6.07) is 22.6. The molecule has 0 saturated carbocycles. The van der Waals surface area contributed by atoms with Gasteiger partial charge in [-0.1, -0.05) is 131 Å². The average Bonchev–Trinajstić information content (AvgIpc) is 3.58. The molecule has 4 aromatic carbocycles. The van der Waals surface area contributed by atoms with Gasteiger partial charge in [-0.05, 0) is 97.6 Å². The normalized spacial score (nSPS) is 14.5. The monoisotopic (exact) mass is 984 g/mol. The van der Waals surface area contributed by atoms with Crippen LogP contribution < -0.4 is 25.2 Å². The van der Waals surface area contributed by atoms with Crippen LogP contribution in [-0.2, 0) is 26.1 Å². The van der Waals surface area contributed by atoms with E-state index in [9.17, 15) is 18.0 Å². The maximum Gasteiger partial charge on any atom is 0.411 e. The van der Waals surface area contributed by atoms with Gasteiger partial charge in [-0.3, -0.25) is 20.1 Å². The second-order valence-corrected chi connectivity index (χ2v) is 18.7. The summed E-state index contributed by atoms with van der Waals surface area (Å²) in [7, 11) is -4.08. The first-order valence-electron chi connectivity index (χ1n) is 22.6. The van der Waals surface area contributed by atoms with E-state index in [0.717, 1.165) is 23.6 Å². The van der Waals surface area contributed by atoms with Crippen LogP contribution in [0.1, 0.15) is 102 Å². The van der Waals surface area contributed by atoms with Gasteiger partial charge in [0.05, 0.1) is 33.8 Å². The summed E-state index contributed by atoms with van der Waals surface area (Å²) in [5.41, 5.74) is 5.57. The number of amides is 2. The Morgan fingerprint density at radius 1 is 0.742 bits per heavy atom. The van der Waals surface area contributed by atoms with Crippen molar-refractivity contribution in [1.82, 2.24) is 5.43 Å². The van der Waals surface area contributed by atoms with Crippen LogP contribution in [-0.4, -0.2) is 62.4 Å². The maximum atomic E-state index is 13.8. The number of unbranched alkanes of at least 4 members (excludes halogenated alkanes) is 12. The molecule has 0 aliphatic carbocycles. The number of aliphatic imine (C=N–C) groups is 1. The quantitative estimate of drug-likeness (QED) is 0.0283. The number of nitrogens with zero attached hydrogens (tertiary/aromatic N) is 4. The van der Waals surface area contributed by atoms with Crippen molar-refractivity contribution in [1.29, 1.82) is 0 Å². The van der Waals surface area contributed by atoms with Gasteiger partial charge >= 0.3 is 6.09 Å². The zero-order valence-electron chi connectivity index (χ0n) is 37.2. The highest BCUT2D eigenvalue weighted by atomic mass is 35.5. The number of amidine groups is 1. The number of hydrazine groups is 1. The summed E-state index contributed by atoms with van der Waals surface area (Å²) < 4.78 is 47.5. The fourth-order valence-corrected chi connectivity index (χ4v) is 8.55. The summed E-state index contributed by atoms with van der Waals surface area (Å²) in [6.45, 7) is 2.58. The third-order valence-corrected chi connectivity index (χ3v) is 12.1. The summed E-state index contributed by atoms with van der Waals surface area (Å²) in [4.78, 5) is 31.1. The third kappa shape index (κ3) is 18.4. The average molecular weight is 986 g/mol. The molecular formula is C48H59Cl3N6O8S. The Labute approximate surface area is 403 Å². The van der Waals surface area contributed by atoms with Crippen LogP contribution in [0.15, 0.2) is 100 Å². The molecule has 1 fully saturated rings.